The summed E-state index contributed by atoms with van der Waals surface area (Å²) in [5.74, 6) is 0.851. The lowest BCUT2D eigenvalue weighted by Crippen LogP contribution is -2.44. The molecular weight excluding hydrogens is 388 g/mol. The molecule has 3 aromatic rings. The molecule has 1 amide bonds. The molecule has 1 aliphatic heterocycles. The van der Waals surface area contributed by atoms with Crippen LogP contribution in [0.15, 0.2) is 54.7 Å². The van der Waals surface area contributed by atoms with Crippen LogP contribution in [0.2, 0.25) is 0 Å². The number of piperidine rings is 1. The van der Waals surface area contributed by atoms with Crippen molar-refractivity contribution in [1.82, 2.24) is 9.88 Å². The van der Waals surface area contributed by atoms with E-state index in [0.29, 0.717) is 13.1 Å². The van der Waals surface area contributed by atoms with Crippen molar-refractivity contribution in [2.24, 2.45) is 0 Å². The van der Waals surface area contributed by atoms with Crippen molar-refractivity contribution in [3.63, 3.8) is 0 Å². The van der Waals surface area contributed by atoms with Crippen molar-refractivity contribution in [3.8, 4) is 16.9 Å². The van der Waals surface area contributed by atoms with Gasteiger partial charge in [0.15, 0.2) is 0 Å². The molecule has 0 bridgehead atoms. The summed E-state index contributed by atoms with van der Waals surface area (Å²) in [6.45, 7) is 9.05. The van der Waals surface area contributed by atoms with E-state index in [9.17, 15) is 4.79 Å². The van der Waals surface area contributed by atoms with Crippen molar-refractivity contribution in [2.45, 2.75) is 52.2 Å². The summed E-state index contributed by atoms with van der Waals surface area (Å²) in [4.78, 5) is 18.6. The summed E-state index contributed by atoms with van der Waals surface area (Å²) in [5, 5.41) is 1.15. The lowest BCUT2D eigenvalue weighted by molar-refractivity contribution is 0.0126. The highest BCUT2D eigenvalue weighted by molar-refractivity contribution is 5.85. The van der Waals surface area contributed by atoms with Gasteiger partial charge in [-0.1, -0.05) is 30.3 Å². The van der Waals surface area contributed by atoms with Gasteiger partial charge < -0.3 is 14.4 Å². The fraction of sp³-hybridized carbons (Fsp3) is 0.385. The second-order valence-corrected chi connectivity index (χ2v) is 9.18. The van der Waals surface area contributed by atoms with E-state index >= 15 is 0 Å². The Morgan fingerprint density at radius 2 is 1.74 bits per heavy atom. The zero-order valence-electron chi connectivity index (χ0n) is 18.7. The third-order valence-corrected chi connectivity index (χ3v) is 5.50. The number of nitrogens with zero attached hydrogens (tertiary/aromatic N) is 2. The largest absolute Gasteiger partial charge is 0.490 e. The van der Waals surface area contributed by atoms with Gasteiger partial charge in [-0.15, -0.1) is 0 Å². The van der Waals surface area contributed by atoms with Crippen LogP contribution < -0.4 is 4.74 Å². The quantitative estimate of drug-likeness (QED) is 0.524. The third-order valence-electron chi connectivity index (χ3n) is 5.50. The number of hydrogen-bond donors (Lipinski definition) is 0. The molecule has 0 radical (unpaired) electrons. The predicted octanol–water partition coefficient (Wildman–Crippen LogP) is 5.99. The first-order valence-electron chi connectivity index (χ1n) is 10.9. The number of aryl methyl sites for hydroxylation is 1. The van der Waals surface area contributed by atoms with E-state index < -0.39 is 5.60 Å². The topological polar surface area (TPSA) is 51.7 Å². The van der Waals surface area contributed by atoms with Gasteiger partial charge in [0.05, 0.1) is 5.52 Å². The summed E-state index contributed by atoms with van der Waals surface area (Å²) < 4.78 is 11.6. The molecule has 4 rings (SSSR count). The first-order valence-corrected chi connectivity index (χ1v) is 10.9. The van der Waals surface area contributed by atoms with Crippen molar-refractivity contribution >= 4 is 17.0 Å². The second kappa shape index (κ2) is 8.58. The number of carbonyl (C=O) groups excluding carboxylic acids is 1. The maximum absolute atomic E-state index is 12.2. The molecule has 0 spiro atoms. The van der Waals surface area contributed by atoms with Gasteiger partial charge in [0, 0.05) is 43.1 Å². The van der Waals surface area contributed by atoms with E-state index in [1.807, 2.05) is 39.1 Å². The Morgan fingerprint density at radius 1 is 1.03 bits per heavy atom. The number of benzene rings is 2. The van der Waals surface area contributed by atoms with Crippen molar-refractivity contribution < 1.29 is 14.3 Å². The Balaban J connectivity index is 1.36. The van der Waals surface area contributed by atoms with Crippen LogP contribution in [0.4, 0.5) is 4.79 Å². The summed E-state index contributed by atoms with van der Waals surface area (Å²) in [6, 6.07) is 16.6. The number of likely N-dealkylation sites (tertiary alicyclic amines) is 1. The maximum atomic E-state index is 12.2. The Labute approximate surface area is 184 Å². The Hall–Kier alpha value is -3.08. The number of hydrogen-bond acceptors (Lipinski definition) is 4. The van der Waals surface area contributed by atoms with Crippen LogP contribution in [0.3, 0.4) is 0 Å². The minimum absolute atomic E-state index is 0.106. The molecule has 5 heteroatoms. The third kappa shape index (κ3) is 5.16. The van der Waals surface area contributed by atoms with Crippen LogP contribution in [0.25, 0.3) is 22.0 Å². The zero-order valence-corrected chi connectivity index (χ0v) is 18.7. The van der Waals surface area contributed by atoms with Gasteiger partial charge in [0.2, 0.25) is 0 Å². The average Bonchev–Trinajstić information content (AvgIpc) is 2.73. The van der Waals surface area contributed by atoms with E-state index in [-0.39, 0.29) is 12.2 Å². The molecule has 0 atom stereocenters. The molecule has 1 aromatic heterocycles. The first-order chi connectivity index (χ1) is 14.8. The number of para-hydroxylation sites is 1. The minimum atomic E-state index is -0.467. The molecule has 31 heavy (non-hydrogen) atoms. The van der Waals surface area contributed by atoms with Gasteiger partial charge in [0.1, 0.15) is 17.5 Å². The summed E-state index contributed by atoms with van der Waals surface area (Å²) in [5.41, 5.74) is 3.97. The van der Waals surface area contributed by atoms with Gasteiger partial charge in [-0.3, -0.25) is 4.98 Å². The normalized spacial score (nSPS) is 15.2. The van der Waals surface area contributed by atoms with E-state index in [1.54, 1.807) is 4.90 Å². The number of fused-ring (bicyclic) bond motifs is 1. The van der Waals surface area contributed by atoms with Crippen LogP contribution in [0.1, 0.15) is 39.2 Å². The van der Waals surface area contributed by atoms with Gasteiger partial charge in [-0.2, -0.15) is 0 Å². The molecule has 2 heterocycles. The predicted molar refractivity (Wildman–Crippen MR) is 123 cm³/mol. The van der Waals surface area contributed by atoms with Crippen LogP contribution >= 0.6 is 0 Å². The molecule has 5 nitrogen and oxygen atoms in total. The summed E-state index contributed by atoms with van der Waals surface area (Å²) >= 11 is 0. The summed E-state index contributed by atoms with van der Waals surface area (Å²) in [6.07, 6.45) is 3.39. The molecule has 1 saturated heterocycles. The van der Waals surface area contributed by atoms with E-state index in [1.165, 1.54) is 5.56 Å². The average molecular weight is 419 g/mol. The molecule has 1 fully saturated rings. The van der Waals surface area contributed by atoms with Crippen LogP contribution in [-0.2, 0) is 4.74 Å². The number of pyridine rings is 1. The van der Waals surface area contributed by atoms with Gasteiger partial charge in [-0.05, 0) is 57.0 Å². The number of carbonyl (C=O) groups is 1. The molecule has 0 aliphatic carbocycles. The Bertz CT molecular complexity index is 1060. The van der Waals surface area contributed by atoms with E-state index in [2.05, 4.69) is 48.3 Å². The molecule has 0 N–H and O–H groups in total. The van der Waals surface area contributed by atoms with Crippen LogP contribution in [-0.4, -0.2) is 40.8 Å². The Kier molecular flexibility index (Phi) is 5.86. The van der Waals surface area contributed by atoms with E-state index in [4.69, 9.17) is 9.47 Å². The fourth-order valence-corrected chi connectivity index (χ4v) is 3.87. The Morgan fingerprint density at radius 3 is 2.42 bits per heavy atom. The van der Waals surface area contributed by atoms with Crippen LogP contribution in [0.5, 0.6) is 5.75 Å². The second-order valence-electron chi connectivity index (χ2n) is 9.18. The highest BCUT2D eigenvalue weighted by Gasteiger charge is 2.27. The minimum Gasteiger partial charge on any atom is -0.490 e. The lowest BCUT2D eigenvalue weighted by Gasteiger charge is -2.33. The fourth-order valence-electron chi connectivity index (χ4n) is 3.87. The number of amides is 1. The maximum Gasteiger partial charge on any atom is 0.410 e. The first kappa shape index (κ1) is 21.2. The van der Waals surface area contributed by atoms with Crippen molar-refractivity contribution in [1.29, 1.82) is 0 Å². The van der Waals surface area contributed by atoms with Crippen molar-refractivity contribution in [2.75, 3.05) is 13.1 Å². The SMILES string of the molecule is Cc1cccc2cc(-c3ccc(OC4CCN(C(=O)OC(C)(C)C)CC4)cc3)cnc12. The van der Waals surface area contributed by atoms with Gasteiger partial charge >= 0.3 is 6.09 Å². The molecule has 1 aliphatic rings. The standard InChI is InChI=1S/C26H30N2O3/c1-18-6-5-7-20-16-21(17-27-24(18)20)19-8-10-22(11-9-19)30-23-12-14-28(15-13-23)25(29)31-26(2,3)4/h5-11,16-17,23H,12-15H2,1-4H3. The number of rotatable bonds is 3. The van der Waals surface area contributed by atoms with Gasteiger partial charge in [-0.25, -0.2) is 4.79 Å². The highest BCUT2D eigenvalue weighted by atomic mass is 16.6. The van der Waals surface area contributed by atoms with Crippen molar-refractivity contribution in [3.05, 3.63) is 60.3 Å². The molecular formula is C26H30N2O3. The highest BCUT2D eigenvalue weighted by Crippen LogP contribution is 2.27. The zero-order chi connectivity index (χ0) is 22.0. The molecule has 0 unspecified atom stereocenters. The molecule has 2 aromatic carbocycles. The number of aromatic nitrogens is 1. The van der Waals surface area contributed by atoms with Gasteiger partial charge in [0.25, 0.3) is 0 Å². The van der Waals surface area contributed by atoms with Crippen LogP contribution in [0, 0.1) is 6.92 Å². The van der Waals surface area contributed by atoms with E-state index in [0.717, 1.165) is 40.6 Å². The summed E-state index contributed by atoms with van der Waals surface area (Å²) in [7, 11) is 0. The smallest absolute Gasteiger partial charge is 0.410 e. The molecule has 162 valence electrons. The lowest BCUT2D eigenvalue weighted by atomic mass is 10.0. The molecule has 0 saturated carbocycles. The monoisotopic (exact) mass is 418 g/mol. The number of ether oxygens (including phenoxy) is 2.